The molecule has 1 saturated carbocycles. The summed E-state index contributed by atoms with van der Waals surface area (Å²) < 4.78 is 27.2. The van der Waals surface area contributed by atoms with Crippen LogP contribution in [-0.2, 0) is 32.6 Å². The molecule has 2 amide bonds. The topological polar surface area (TPSA) is 86.8 Å². The van der Waals surface area contributed by atoms with Gasteiger partial charge in [-0.05, 0) is 55.5 Å². The summed E-state index contributed by atoms with van der Waals surface area (Å²) in [6.45, 7) is 3.35. The maximum atomic E-state index is 14.2. The molecule has 0 aliphatic heterocycles. The second-order valence-electron chi connectivity index (χ2n) is 10.9. The smallest absolute Gasteiger partial charge is 0.244 e. The summed E-state index contributed by atoms with van der Waals surface area (Å²) in [5.41, 5.74) is 3.72. The zero-order chi connectivity index (χ0) is 29.6. The lowest BCUT2D eigenvalue weighted by Gasteiger charge is -2.34. The van der Waals surface area contributed by atoms with Crippen LogP contribution in [0.15, 0.2) is 72.8 Å². The van der Waals surface area contributed by atoms with Crippen molar-refractivity contribution in [2.45, 2.75) is 64.6 Å². The second kappa shape index (κ2) is 13.5. The van der Waals surface area contributed by atoms with Crippen molar-refractivity contribution in [3.8, 4) is 0 Å². The van der Waals surface area contributed by atoms with E-state index < -0.39 is 28.5 Å². The van der Waals surface area contributed by atoms with Crippen LogP contribution >= 0.6 is 11.6 Å². The Bertz CT molecular complexity index is 1470. The molecular formula is C32H38ClN3O4S. The molecule has 1 atom stereocenters. The first-order valence-electron chi connectivity index (χ1n) is 13.9. The molecule has 3 aromatic rings. The van der Waals surface area contributed by atoms with Crippen molar-refractivity contribution >= 4 is 39.1 Å². The van der Waals surface area contributed by atoms with Crippen LogP contribution in [0.25, 0.3) is 0 Å². The van der Waals surface area contributed by atoms with E-state index in [9.17, 15) is 18.0 Å². The van der Waals surface area contributed by atoms with Crippen molar-refractivity contribution in [3.63, 3.8) is 0 Å². The van der Waals surface area contributed by atoms with E-state index in [0.717, 1.165) is 52.9 Å². The molecule has 7 nitrogen and oxygen atoms in total. The van der Waals surface area contributed by atoms with Crippen molar-refractivity contribution in [2.24, 2.45) is 0 Å². The van der Waals surface area contributed by atoms with Crippen molar-refractivity contribution in [1.29, 1.82) is 0 Å². The number of hydrogen-bond donors (Lipinski definition) is 1. The van der Waals surface area contributed by atoms with Gasteiger partial charge in [0, 0.05) is 24.0 Å². The van der Waals surface area contributed by atoms with Crippen LogP contribution < -0.4 is 9.62 Å². The van der Waals surface area contributed by atoms with Crippen molar-refractivity contribution in [2.75, 3.05) is 17.1 Å². The molecule has 0 bridgehead atoms. The van der Waals surface area contributed by atoms with Crippen LogP contribution in [-0.4, -0.2) is 50.0 Å². The highest BCUT2D eigenvalue weighted by Gasteiger charge is 2.34. The number of nitrogens with one attached hydrogen (secondary N) is 1. The predicted molar refractivity (Wildman–Crippen MR) is 164 cm³/mol. The van der Waals surface area contributed by atoms with E-state index in [2.05, 4.69) is 5.32 Å². The molecule has 9 heteroatoms. The number of carbonyl (C=O) groups excluding carboxylic acids is 2. The highest BCUT2D eigenvalue weighted by atomic mass is 35.5. The number of anilines is 1. The lowest BCUT2D eigenvalue weighted by Crippen LogP contribution is -2.54. The molecule has 1 fully saturated rings. The first-order valence-corrected chi connectivity index (χ1v) is 16.2. The molecule has 0 unspecified atom stereocenters. The third-order valence-electron chi connectivity index (χ3n) is 7.57. The SMILES string of the molecule is Cc1ccc(N(CC(=O)N(Cc2ccccc2Cl)[C@@H](Cc2ccccc2)C(=O)NC2CCCC2)S(C)(=O)=O)c(C)c1. The quantitative estimate of drug-likeness (QED) is 0.321. The Labute approximate surface area is 248 Å². The van der Waals surface area contributed by atoms with Gasteiger partial charge in [0.2, 0.25) is 21.8 Å². The number of sulfonamides is 1. The van der Waals surface area contributed by atoms with Crippen molar-refractivity contribution in [3.05, 3.63) is 100 Å². The third-order valence-corrected chi connectivity index (χ3v) is 9.07. The Hall–Kier alpha value is -3.36. The fraction of sp³-hybridized carbons (Fsp3) is 0.375. The molecule has 0 radical (unpaired) electrons. The molecule has 1 aliphatic rings. The van der Waals surface area contributed by atoms with Gasteiger partial charge in [0.05, 0.1) is 11.9 Å². The molecule has 1 N–H and O–H groups in total. The maximum absolute atomic E-state index is 14.2. The van der Waals surface area contributed by atoms with E-state index in [1.54, 1.807) is 18.2 Å². The summed E-state index contributed by atoms with van der Waals surface area (Å²) in [6, 6.07) is 21.3. The summed E-state index contributed by atoms with van der Waals surface area (Å²) in [7, 11) is -3.83. The minimum atomic E-state index is -3.83. The van der Waals surface area contributed by atoms with E-state index in [4.69, 9.17) is 11.6 Å². The number of halogens is 1. The van der Waals surface area contributed by atoms with E-state index >= 15 is 0 Å². The summed E-state index contributed by atoms with van der Waals surface area (Å²) >= 11 is 6.52. The Kier molecular flexibility index (Phi) is 10.1. The fourth-order valence-corrected chi connectivity index (χ4v) is 6.51. The number of benzene rings is 3. The number of aryl methyl sites for hydroxylation is 2. The monoisotopic (exact) mass is 595 g/mol. The van der Waals surface area contributed by atoms with Gasteiger partial charge in [-0.3, -0.25) is 13.9 Å². The molecule has 218 valence electrons. The maximum Gasteiger partial charge on any atom is 0.244 e. The standard InChI is InChI=1S/C32H38ClN3O4S/c1-23-17-18-29(24(2)19-23)36(41(3,39)40)22-31(37)35(21-26-13-7-10-16-28(26)33)30(20-25-11-5-4-6-12-25)32(38)34-27-14-8-9-15-27/h4-7,10-13,16-19,27,30H,8-9,14-15,20-22H2,1-3H3,(H,34,38)/t30-/m0/s1. The first kappa shape index (κ1) is 30.6. The Morgan fingerprint density at radius 1 is 0.976 bits per heavy atom. The molecule has 4 rings (SSSR count). The van der Waals surface area contributed by atoms with E-state index in [1.165, 1.54) is 4.90 Å². The lowest BCUT2D eigenvalue weighted by molar-refractivity contribution is -0.140. The van der Waals surface area contributed by atoms with E-state index in [1.807, 2.05) is 68.4 Å². The zero-order valence-electron chi connectivity index (χ0n) is 23.8. The lowest BCUT2D eigenvalue weighted by atomic mass is 10.0. The average molecular weight is 596 g/mol. The van der Waals surface area contributed by atoms with Crippen LogP contribution in [0.5, 0.6) is 0 Å². The van der Waals surface area contributed by atoms with Gasteiger partial charge in [-0.25, -0.2) is 8.42 Å². The normalized spacial score (nSPS) is 14.4. The summed E-state index contributed by atoms with van der Waals surface area (Å²) in [5.74, 6) is -0.739. The number of amides is 2. The number of nitrogens with zero attached hydrogens (tertiary/aromatic N) is 2. The zero-order valence-corrected chi connectivity index (χ0v) is 25.4. The summed E-state index contributed by atoms with van der Waals surface area (Å²) in [5, 5.41) is 3.63. The summed E-state index contributed by atoms with van der Waals surface area (Å²) in [4.78, 5) is 29.6. The van der Waals surface area contributed by atoms with Gasteiger partial charge in [0.1, 0.15) is 12.6 Å². The number of carbonyl (C=O) groups is 2. The minimum Gasteiger partial charge on any atom is -0.352 e. The minimum absolute atomic E-state index is 0.0541. The Morgan fingerprint density at radius 2 is 1.63 bits per heavy atom. The predicted octanol–water partition coefficient (Wildman–Crippen LogP) is 5.42. The molecule has 0 aromatic heterocycles. The van der Waals surface area contributed by atoms with Gasteiger partial charge >= 0.3 is 0 Å². The highest BCUT2D eigenvalue weighted by Crippen LogP contribution is 2.26. The summed E-state index contributed by atoms with van der Waals surface area (Å²) in [6.07, 6.45) is 5.27. The van der Waals surface area contributed by atoms with Gasteiger partial charge in [-0.15, -0.1) is 0 Å². The molecule has 3 aromatic carbocycles. The first-order chi connectivity index (χ1) is 19.5. The van der Waals surface area contributed by atoms with Crippen molar-refractivity contribution in [1.82, 2.24) is 10.2 Å². The van der Waals surface area contributed by atoms with Gasteiger partial charge in [-0.2, -0.15) is 0 Å². The van der Waals surface area contributed by atoms with Gasteiger partial charge in [-0.1, -0.05) is 90.7 Å². The van der Waals surface area contributed by atoms with Gasteiger partial charge in [0.25, 0.3) is 0 Å². The van der Waals surface area contributed by atoms with E-state index in [-0.39, 0.29) is 24.9 Å². The number of hydrogen-bond acceptors (Lipinski definition) is 4. The van der Waals surface area contributed by atoms with Gasteiger partial charge < -0.3 is 10.2 Å². The second-order valence-corrected chi connectivity index (χ2v) is 13.2. The molecule has 41 heavy (non-hydrogen) atoms. The van der Waals surface area contributed by atoms with Crippen molar-refractivity contribution < 1.29 is 18.0 Å². The highest BCUT2D eigenvalue weighted by molar-refractivity contribution is 7.92. The molecule has 1 aliphatic carbocycles. The molecular weight excluding hydrogens is 558 g/mol. The number of rotatable bonds is 11. The largest absolute Gasteiger partial charge is 0.352 e. The van der Waals surface area contributed by atoms with Crippen LogP contribution in [0, 0.1) is 13.8 Å². The fourth-order valence-electron chi connectivity index (χ4n) is 5.41. The van der Waals surface area contributed by atoms with E-state index in [0.29, 0.717) is 16.3 Å². The molecule has 0 spiro atoms. The molecule has 0 heterocycles. The van der Waals surface area contributed by atoms with Crippen LogP contribution in [0.1, 0.15) is 47.9 Å². The Balaban J connectivity index is 1.75. The van der Waals surface area contributed by atoms with Crippen LogP contribution in [0.4, 0.5) is 5.69 Å². The molecule has 0 saturated heterocycles. The van der Waals surface area contributed by atoms with Gasteiger partial charge in [0.15, 0.2) is 0 Å². The third kappa shape index (κ3) is 8.11. The van der Waals surface area contributed by atoms with Crippen LogP contribution in [0.2, 0.25) is 5.02 Å². The average Bonchev–Trinajstić information content (AvgIpc) is 3.43. The Morgan fingerprint density at radius 3 is 2.27 bits per heavy atom. The van der Waals surface area contributed by atoms with Crippen LogP contribution in [0.3, 0.4) is 0 Å².